The molecule has 2 amide bonds. The molecule has 0 atom stereocenters. The van der Waals surface area contributed by atoms with Crippen LogP contribution in [0.15, 0.2) is 30.5 Å². The normalized spacial score (nSPS) is 17.6. The zero-order valence-corrected chi connectivity index (χ0v) is 19.8. The second-order valence-corrected chi connectivity index (χ2v) is 10.0. The minimum absolute atomic E-state index is 0.0484. The van der Waals surface area contributed by atoms with Crippen LogP contribution < -0.4 is 0 Å². The van der Waals surface area contributed by atoms with Gasteiger partial charge in [-0.25, -0.2) is 9.48 Å². The lowest BCUT2D eigenvalue weighted by Crippen LogP contribution is -2.41. The SMILES string of the molecule is CC(C)(C)OC(=O)N1CCC(c2c(C(=O)N3CCCC3)cnn2-c2ccc(Cl)cc2)CC1. The lowest BCUT2D eigenvalue weighted by Gasteiger charge is -2.34. The number of aromatic nitrogens is 2. The van der Waals surface area contributed by atoms with Crippen LogP contribution in [-0.4, -0.2) is 63.4 Å². The van der Waals surface area contributed by atoms with Crippen LogP contribution in [-0.2, 0) is 4.74 Å². The summed E-state index contributed by atoms with van der Waals surface area (Å²) < 4.78 is 7.40. The third-order valence-electron chi connectivity index (χ3n) is 6.03. The van der Waals surface area contributed by atoms with Gasteiger partial charge < -0.3 is 14.5 Å². The van der Waals surface area contributed by atoms with Gasteiger partial charge in [0.2, 0.25) is 0 Å². The number of amides is 2. The van der Waals surface area contributed by atoms with Crippen LogP contribution in [0.4, 0.5) is 4.79 Å². The maximum atomic E-state index is 13.3. The molecule has 2 saturated heterocycles. The molecular weight excluding hydrogens is 428 g/mol. The number of carbonyl (C=O) groups is 2. The Bertz CT molecular complexity index is 966. The Labute approximate surface area is 194 Å². The summed E-state index contributed by atoms with van der Waals surface area (Å²) >= 11 is 6.08. The van der Waals surface area contributed by atoms with E-state index in [0.717, 1.165) is 50.2 Å². The third-order valence-corrected chi connectivity index (χ3v) is 6.29. The molecular formula is C24H31ClN4O3. The number of halogens is 1. The Kier molecular flexibility index (Phi) is 6.47. The predicted molar refractivity (Wildman–Crippen MR) is 123 cm³/mol. The Morgan fingerprint density at radius 3 is 2.22 bits per heavy atom. The van der Waals surface area contributed by atoms with Gasteiger partial charge in [-0.2, -0.15) is 5.10 Å². The Morgan fingerprint density at radius 2 is 1.62 bits per heavy atom. The molecule has 0 bridgehead atoms. The topological polar surface area (TPSA) is 67.7 Å². The van der Waals surface area contributed by atoms with Crippen molar-refractivity contribution in [1.29, 1.82) is 0 Å². The first-order chi connectivity index (χ1) is 15.2. The zero-order chi connectivity index (χ0) is 22.9. The maximum Gasteiger partial charge on any atom is 0.410 e. The fourth-order valence-corrected chi connectivity index (χ4v) is 4.58. The lowest BCUT2D eigenvalue weighted by atomic mass is 9.90. The van der Waals surface area contributed by atoms with E-state index in [4.69, 9.17) is 16.3 Å². The minimum atomic E-state index is -0.517. The highest BCUT2D eigenvalue weighted by molar-refractivity contribution is 6.30. The summed E-state index contributed by atoms with van der Waals surface area (Å²) in [4.78, 5) is 29.5. The molecule has 7 nitrogen and oxygen atoms in total. The fraction of sp³-hybridized carbons (Fsp3) is 0.542. The Balaban J connectivity index is 1.60. The largest absolute Gasteiger partial charge is 0.444 e. The monoisotopic (exact) mass is 458 g/mol. The standard InChI is InChI=1S/C24H31ClN4O3/c1-24(2,3)32-23(31)28-14-10-17(11-15-28)21-20(22(30)27-12-4-5-13-27)16-26-29(21)19-8-6-18(25)7-9-19/h6-9,16-17H,4-5,10-15H2,1-3H3. The molecule has 3 heterocycles. The summed E-state index contributed by atoms with van der Waals surface area (Å²) in [5.74, 6) is 0.167. The smallest absolute Gasteiger partial charge is 0.410 e. The van der Waals surface area contributed by atoms with Gasteiger partial charge >= 0.3 is 6.09 Å². The highest BCUT2D eigenvalue weighted by Gasteiger charge is 2.33. The van der Waals surface area contributed by atoms with Crippen molar-refractivity contribution < 1.29 is 14.3 Å². The summed E-state index contributed by atoms with van der Waals surface area (Å²) in [5, 5.41) is 5.26. The molecule has 2 aromatic rings. The predicted octanol–water partition coefficient (Wildman–Crippen LogP) is 4.88. The number of nitrogens with zero attached hydrogens (tertiary/aromatic N) is 4. The van der Waals surface area contributed by atoms with Gasteiger partial charge in [-0.05, 0) is 70.7 Å². The first-order valence-electron chi connectivity index (χ1n) is 11.3. The Hall–Kier alpha value is -2.54. The van der Waals surface area contributed by atoms with Gasteiger partial charge in [-0.1, -0.05) is 11.6 Å². The second-order valence-electron chi connectivity index (χ2n) is 9.57. The van der Waals surface area contributed by atoms with Gasteiger partial charge in [0.05, 0.1) is 23.1 Å². The van der Waals surface area contributed by atoms with Crippen LogP contribution in [0.5, 0.6) is 0 Å². The summed E-state index contributed by atoms with van der Waals surface area (Å²) in [6.45, 7) is 8.38. The van der Waals surface area contributed by atoms with E-state index < -0.39 is 5.60 Å². The number of piperidine rings is 1. The molecule has 32 heavy (non-hydrogen) atoms. The highest BCUT2D eigenvalue weighted by atomic mass is 35.5. The van der Waals surface area contributed by atoms with E-state index in [0.29, 0.717) is 23.7 Å². The van der Waals surface area contributed by atoms with Crippen LogP contribution >= 0.6 is 11.6 Å². The molecule has 0 N–H and O–H groups in total. The molecule has 0 spiro atoms. The van der Waals surface area contributed by atoms with E-state index in [-0.39, 0.29) is 17.9 Å². The van der Waals surface area contributed by atoms with E-state index in [9.17, 15) is 9.59 Å². The van der Waals surface area contributed by atoms with Crippen LogP contribution in [0, 0.1) is 0 Å². The van der Waals surface area contributed by atoms with Crippen LogP contribution in [0.3, 0.4) is 0 Å². The van der Waals surface area contributed by atoms with Crippen LogP contribution in [0.1, 0.15) is 68.4 Å². The van der Waals surface area contributed by atoms with Crippen molar-refractivity contribution in [3.8, 4) is 5.69 Å². The number of likely N-dealkylation sites (tertiary alicyclic amines) is 2. The molecule has 2 fully saturated rings. The molecule has 4 rings (SSSR count). The average Bonchev–Trinajstić information content (AvgIpc) is 3.43. The van der Waals surface area contributed by atoms with Crippen molar-refractivity contribution >= 4 is 23.6 Å². The molecule has 0 radical (unpaired) electrons. The van der Waals surface area contributed by atoms with Crippen LogP contribution in [0.2, 0.25) is 5.02 Å². The summed E-state index contributed by atoms with van der Waals surface area (Å²) in [5.41, 5.74) is 1.95. The Morgan fingerprint density at radius 1 is 1.00 bits per heavy atom. The number of hydrogen-bond donors (Lipinski definition) is 0. The van der Waals surface area contributed by atoms with E-state index in [2.05, 4.69) is 5.10 Å². The summed E-state index contributed by atoms with van der Waals surface area (Å²) in [7, 11) is 0. The first kappa shape index (κ1) is 22.6. The fourth-order valence-electron chi connectivity index (χ4n) is 4.46. The van der Waals surface area contributed by atoms with E-state index in [1.807, 2.05) is 54.6 Å². The van der Waals surface area contributed by atoms with Gasteiger partial charge in [0.15, 0.2) is 0 Å². The molecule has 2 aliphatic heterocycles. The van der Waals surface area contributed by atoms with Crippen molar-refractivity contribution in [3.63, 3.8) is 0 Å². The molecule has 1 aromatic heterocycles. The summed E-state index contributed by atoms with van der Waals surface area (Å²) in [6.07, 6.45) is 5.00. The second kappa shape index (κ2) is 9.14. The van der Waals surface area contributed by atoms with E-state index >= 15 is 0 Å². The zero-order valence-electron chi connectivity index (χ0n) is 19.0. The van der Waals surface area contributed by atoms with Gasteiger partial charge in [-0.3, -0.25) is 4.79 Å². The first-order valence-corrected chi connectivity index (χ1v) is 11.7. The van der Waals surface area contributed by atoms with Crippen molar-refractivity contribution in [3.05, 3.63) is 46.7 Å². The highest BCUT2D eigenvalue weighted by Crippen LogP contribution is 2.34. The van der Waals surface area contributed by atoms with Gasteiger partial charge in [-0.15, -0.1) is 0 Å². The van der Waals surface area contributed by atoms with Crippen LogP contribution in [0.25, 0.3) is 5.69 Å². The van der Waals surface area contributed by atoms with Gasteiger partial charge in [0.1, 0.15) is 5.60 Å². The molecule has 172 valence electrons. The molecule has 1 aromatic carbocycles. The van der Waals surface area contributed by atoms with Gasteiger partial charge in [0.25, 0.3) is 5.91 Å². The van der Waals surface area contributed by atoms with Crippen molar-refractivity contribution in [2.75, 3.05) is 26.2 Å². The van der Waals surface area contributed by atoms with Crippen molar-refractivity contribution in [1.82, 2.24) is 19.6 Å². The molecule has 0 saturated carbocycles. The number of ether oxygens (including phenoxy) is 1. The lowest BCUT2D eigenvalue weighted by molar-refractivity contribution is 0.0203. The molecule has 8 heteroatoms. The third kappa shape index (κ3) is 4.93. The van der Waals surface area contributed by atoms with Crippen molar-refractivity contribution in [2.24, 2.45) is 0 Å². The minimum Gasteiger partial charge on any atom is -0.444 e. The van der Waals surface area contributed by atoms with E-state index in [1.54, 1.807) is 11.1 Å². The van der Waals surface area contributed by atoms with E-state index in [1.165, 1.54) is 0 Å². The van der Waals surface area contributed by atoms with Crippen molar-refractivity contribution in [2.45, 2.75) is 58.0 Å². The molecule has 0 unspecified atom stereocenters. The number of hydrogen-bond acceptors (Lipinski definition) is 4. The maximum absolute atomic E-state index is 13.3. The number of benzene rings is 1. The van der Waals surface area contributed by atoms with Gasteiger partial charge in [0, 0.05) is 37.1 Å². The summed E-state index contributed by atoms with van der Waals surface area (Å²) in [6, 6.07) is 7.49. The number of rotatable bonds is 3. The quantitative estimate of drug-likeness (QED) is 0.657. The molecule has 0 aliphatic carbocycles. The average molecular weight is 459 g/mol. The number of carbonyl (C=O) groups excluding carboxylic acids is 2. The molecule has 2 aliphatic rings.